The molecule has 0 radical (unpaired) electrons. The van der Waals surface area contributed by atoms with Crippen molar-refractivity contribution in [2.24, 2.45) is 0 Å². The topological polar surface area (TPSA) is 89.5 Å². The summed E-state index contributed by atoms with van der Waals surface area (Å²) in [5.41, 5.74) is 1.01. The van der Waals surface area contributed by atoms with Crippen molar-refractivity contribution in [1.29, 1.82) is 0 Å². The molecule has 240 valence electrons. The van der Waals surface area contributed by atoms with Crippen molar-refractivity contribution in [2.45, 2.75) is 19.1 Å². The van der Waals surface area contributed by atoms with Crippen LogP contribution in [0.1, 0.15) is 5.56 Å². The summed E-state index contributed by atoms with van der Waals surface area (Å²) in [6, 6.07) is 32.2. The molecule has 0 saturated carbocycles. The molecule has 0 aromatic heterocycles. The first-order valence-corrected chi connectivity index (χ1v) is 15.2. The van der Waals surface area contributed by atoms with Crippen LogP contribution in [0.3, 0.4) is 0 Å². The minimum atomic E-state index is -0.722. The Hall–Kier alpha value is -5.76. The lowest BCUT2D eigenvalue weighted by Crippen LogP contribution is -2.31. The van der Waals surface area contributed by atoms with Gasteiger partial charge in [0.25, 0.3) is 0 Å². The molecule has 0 aliphatic heterocycles. The lowest BCUT2D eigenvalue weighted by Gasteiger charge is -2.23. The van der Waals surface area contributed by atoms with Crippen LogP contribution >= 0.6 is 0 Å². The fourth-order valence-corrected chi connectivity index (χ4v) is 4.95. The Kier molecular flexibility index (Phi) is 11.1. The standard InChI is InChI=1S/C39H36O8/c1-4-36(40)46-30(23-42-28-14-8-6-9-15-28)25-44-38-32-18-12-13-19-33(32)39(35-22-27(3)20-21-34(35)38)45-26-31(47-37(41)5-2)24-43-29-16-10-7-11-17-29/h4-22,30-31H,1-2,23-26H2,3H3. The van der Waals surface area contributed by atoms with Gasteiger partial charge >= 0.3 is 11.9 Å². The third kappa shape index (κ3) is 8.70. The van der Waals surface area contributed by atoms with E-state index in [4.69, 9.17) is 28.4 Å². The number of hydrogen-bond donors (Lipinski definition) is 0. The zero-order valence-electron chi connectivity index (χ0n) is 26.1. The maximum absolute atomic E-state index is 12.2. The van der Waals surface area contributed by atoms with Gasteiger partial charge in [0.15, 0.2) is 12.2 Å². The Morgan fingerprint density at radius 2 is 0.957 bits per heavy atom. The highest BCUT2D eigenvalue weighted by atomic mass is 16.6. The minimum Gasteiger partial charge on any atom is -0.490 e. The number of carbonyl (C=O) groups is 2. The maximum Gasteiger partial charge on any atom is 0.330 e. The molecule has 0 N–H and O–H groups in total. The van der Waals surface area contributed by atoms with Gasteiger partial charge in [-0.05, 0) is 37.3 Å². The molecule has 0 heterocycles. The Bertz CT molecular complexity index is 1830. The van der Waals surface area contributed by atoms with Gasteiger partial charge in [0.2, 0.25) is 0 Å². The van der Waals surface area contributed by atoms with Crippen LogP contribution in [0.4, 0.5) is 0 Å². The van der Waals surface area contributed by atoms with Gasteiger partial charge in [0.1, 0.15) is 49.4 Å². The SMILES string of the molecule is C=CC(=O)OC(COc1ccccc1)COc1c2ccccc2c(OCC(COc2ccccc2)OC(=O)C=C)c2cc(C)ccc12. The second-order valence-electron chi connectivity index (χ2n) is 10.6. The molecule has 5 aromatic rings. The number of ether oxygens (including phenoxy) is 6. The minimum absolute atomic E-state index is 0.0238. The Morgan fingerprint density at radius 1 is 0.553 bits per heavy atom. The van der Waals surface area contributed by atoms with Crippen LogP contribution < -0.4 is 18.9 Å². The molecule has 0 aliphatic carbocycles. The quantitative estimate of drug-likeness (QED) is 0.0631. The van der Waals surface area contributed by atoms with E-state index < -0.39 is 24.1 Å². The van der Waals surface area contributed by atoms with Crippen LogP contribution in [0.2, 0.25) is 0 Å². The van der Waals surface area contributed by atoms with E-state index in [9.17, 15) is 9.59 Å². The Morgan fingerprint density at radius 3 is 1.43 bits per heavy atom. The molecule has 5 aromatic carbocycles. The van der Waals surface area contributed by atoms with Crippen LogP contribution in [-0.4, -0.2) is 50.6 Å². The summed E-state index contributed by atoms with van der Waals surface area (Å²) in [7, 11) is 0. The van der Waals surface area contributed by atoms with E-state index in [1.165, 1.54) is 0 Å². The van der Waals surface area contributed by atoms with Crippen molar-refractivity contribution in [3.63, 3.8) is 0 Å². The molecule has 8 heteroatoms. The van der Waals surface area contributed by atoms with Crippen molar-refractivity contribution >= 4 is 33.5 Å². The predicted octanol–water partition coefficient (Wildman–Crippen LogP) is 7.41. The smallest absolute Gasteiger partial charge is 0.330 e. The van der Waals surface area contributed by atoms with Gasteiger partial charge in [-0.25, -0.2) is 9.59 Å². The highest BCUT2D eigenvalue weighted by Crippen LogP contribution is 2.43. The third-order valence-electron chi connectivity index (χ3n) is 7.16. The van der Waals surface area contributed by atoms with E-state index in [2.05, 4.69) is 13.2 Å². The van der Waals surface area contributed by atoms with Gasteiger partial charge in [-0.15, -0.1) is 0 Å². The molecule has 5 rings (SSSR count). The number of benzene rings is 5. The maximum atomic E-state index is 12.2. The second kappa shape index (κ2) is 16.0. The highest BCUT2D eigenvalue weighted by molar-refractivity contribution is 6.11. The average molecular weight is 633 g/mol. The molecule has 8 nitrogen and oxygen atoms in total. The van der Waals surface area contributed by atoms with Gasteiger partial charge in [0.05, 0.1) is 0 Å². The van der Waals surface area contributed by atoms with E-state index >= 15 is 0 Å². The molecule has 0 amide bonds. The fourth-order valence-electron chi connectivity index (χ4n) is 4.95. The molecule has 0 aliphatic rings. The van der Waals surface area contributed by atoms with Crippen molar-refractivity contribution < 1.29 is 38.0 Å². The van der Waals surface area contributed by atoms with Crippen molar-refractivity contribution in [1.82, 2.24) is 0 Å². The molecular formula is C39H36O8. The molecule has 2 atom stereocenters. The largest absolute Gasteiger partial charge is 0.490 e. The Labute approximate surface area is 273 Å². The summed E-state index contributed by atoms with van der Waals surface area (Å²) < 4.78 is 35.9. The van der Waals surface area contributed by atoms with Gasteiger partial charge in [0, 0.05) is 33.7 Å². The summed E-state index contributed by atoms with van der Waals surface area (Å²) in [6.07, 6.45) is 0.779. The first-order chi connectivity index (χ1) is 22.9. The van der Waals surface area contributed by atoms with Crippen molar-refractivity contribution in [2.75, 3.05) is 26.4 Å². The fraction of sp³-hybridized carbons (Fsp3) is 0.179. The number of rotatable bonds is 16. The first kappa shape index (κ1) is 32.6. The monoisotopic (exact) mass is 632 g/mol. The summed E-state index contributed by atoms with van der Waals surface area (Å²) in [5.74, 6) is 1.34. The number of aryl methyl sites for hydroxylation is 1. The highest BCUT2D eigenvalue weighted by Gasteiger charge is 2.22. The molecule has 0 bridgehead atoms. The van der Waals surface area contributed by atoms with E-state index in [-0.39, 0.29) is 26.4 Å². The van der Waals surface area contributed by atoms with Gasteiger partial charge in [-0.3, -0.25) is 0 Å². The van der Waals surface area contributed by atoms with E-state index in [1.807, 2.05) is 110 Å². The van der Waals surface area contributed by atoms with Crippen LogP contribution in [-0.2, 0) is 19.1 Å². The van der Waals surface area contributed by atoms with Crippen molar-refractivity contribution in [3.05, 3.63) is 134 Å². The predicted molar refractivity (Wildman–Crippen MR) is 181 cm³/mol. The van der Waals surface area contributed by atoms with E-state index in [0.29, 0.717) is 23.0 Å². The van der Waals surface area contributed by atoms with E-state index in [0.717, 1.165) is 39.3 Å². The summed E-state index contributed by atoms with van der Waals surface area (Å²) in [6.45, 7) is 9.23. The summed E-state index contributed by atoms with van der Waals surface area (Å²) >= 11 is 0. The molecule has 47 heavy (non-hydrogen) atoms. The summed E-state index contributed by atoms with van der Waals surface area (Å²) in [5, 5.41) is 3.18. The van der Waals surface area contributed by atoms with Crippen LogP contribution in [0.5, 0.6) is 23.0 Å². The van der Waals surface area contributed by atoms with Gasteiger partial charge < -0.3 is 28.4 Å². The molecule has 2 unspecified atom stereocenters. The molecule has 0 spiro atoms. The Balaban J connectivity index is 1.44. The number of hydrogen-bond acceptors (Lipinski definition) is 8. The van der Waals surface area contributed by atoms with Crippen LogP contribution in [0, 0.1) is 6.92 Å². The number of esters is 2. The number of fused-ring (bicyclic) bond motifs is 2. The van der Waals surface area contributed by atoms with Gasteiger partial charge in [-0.2, -0.15) is 0 Å². The average Bonchev–Trinajstić information content (AvgIpc) is 3.11. The van der Waals surface area contributed by atoms with Crippen LogP contribution in [0.25, 0.3) is 21.5 Å². The summed E-state index contributed by atoms with van der Waals surface area (Å²) in [4.78, 5) is 24.4. The molecule has 0 fully saturated rings. The lowest BCUT2D eigenvalue weighted by atomic mass is 9.99. The molecular weight excluding hydrogens is 596 g/mol. The van der Waals surface area contributed by atoms with E-state index in [1.54, 1.807) is 0 Å². The number of carbonyl (C=O) groups excluding carboxylic acids is 2. The third-order valence-corrected chi connectivity index (χ3v) is 7.16. The normalized spacial score (nSPS) is 12.0. The second-order valence-corrected chi connectivity index (χ2v) is 10.6. The zero-order valence-corrected chi connectivity index (χ0v) is 26.1. The van der Waals surface area contributed by atoms with Gasteiger partial charge in [-0.1, -0.05) is 91.5 Å². The zero-order chi connectivity index (χ0) is 33.0. The lowest BCUT2D eigenvalue weighted by molar-refractivity contribution is -0.147. The first-order valence-electron chi connectivity index (χ1n) is 15.2. The van der Waals surface area contributed by atoms with Crippen molar-refractivity contribution in [3.8, 4) is 23.0 Å². The molecule has 0 saturated heterocycles. The van der Waals surface area contributed by atoms with Crippen LogP contribution in [0.15, 0.2) is 128 Å². The number of para-hydroxylation sites is 2.